The predicted molar refractivity (Wildman–Crippen MR) is 135 cm³/mol. The van der Waals surface area contributed by atoms with Crippen LogP contribution < -0.4 is 4.74 Å². The molecule has 3 rings (SSSR count). The van der Waals surface area contributed by atoms with Gasteiger partial charge in [-0.3, -0.25) is 4.79 Å². The molecule has 0 atom stereocenters. The van der Waals surface area contributed by atoms with Crippen LogP contribution in [-0.2, 0) is 20.9 Å². The molecule has 0 aliphatic carbocycles. The van der Waals surface area contributed by atoms with Gasteiger partial charge in [-0.1, -0.05) is 0 Å². The summed E-state index contributed by atoms with van der Waals surface area (Å²) in [4.78, 5) is 39.4. The first-order valence-corrected chi connectivity index (χ1v) is 11.1. The second-order valence-electron chi connectivity index (χ2n) is 8.21. The Morgan fingerprint density at radius 2 is 1.64 bits per heavy atom. The fraction of sp³-hybridized carbons (Fsp3) is 0.320. The fourth-order valence-electron chi connectivity index (χ4n) is 3.02. The van der Waals surface area contributed by atoms with E-state index < -0.39 is 11.9 Å². The van der Waals surface area contributed by atoms with Gasteiger partial charge in [0.2, 0.25) is 5.91 Å². The van der Waals surface area contributed by atoms with Crippen LogP contribution >= 0.6 is 0 Å². The molecule has 0 bridgehead atoms. The van der Waals surface area contributed by atoms with E-state index in [2.05, 4.69) is 29.1 Å². The van der Waals surface area contributed by atoms with Crippen molar-refractivity contribution in [2.45, 2.75) is 13.0 Å². The van der Waals surface area contributed by atoms with Gasteiger partial charge in [0, 0.05) is 49.9 Å². The molecule has 2 heterocycles. The summed E-state index contributed by atoms with van der Waals surface area (Å²) in [5.41, 5.74) is 2.49. The Morgan fingerprint density at radius 3 is 2.19 bits per heavy atom. The number of benzene rings is 1. The number of carboxylic acid groups (broad SMARTS) is 2. The minimum absolute atomic E-state index is 0.0249. The van der Waals surface area contributed by atoms with Crippen molar-refractivity contribution in [3.8, 4) is 17.0 Å². The third-order valence-electron chi connectivity index (χ3n) is 4.81. The maximum Gasteiger partial charge on any atom is 0.328 e. The van der Waals surface area contributed by atoms with Crippen LogP contribution in [0.5, 0.6) is 5.75 Å². The molecule has 192 valence electrons. The Balaban J connectivity index is 0.000000493. The standard InChI is InChI=1S/C21H27N5O2.C4H4O4/c1-24(2)13-6-14-28-17-10-8-16(9-11-17)20-18-7-5-12-22-21(18)26(23-20)15-19(27)25(3)4;5-3(6)1-2-4(7)8/h5,7-12H,6,13-15H2,1-4H3;1-2H,(H,5,6)(H,7,8)/b;2-1-. The predicted octanol–water partition coefficient (Wildman–Crippen LogP) is 2.23. The van der Waals surface area contributed by atoms with E-state index in [4.69, 9.17) is 14.9 Å². The highest BCUT2D eigenvalue weighted by molar-refractivity contribution is 5.92. The lowest BCUT2D eigenvalue weighted by atomic mass is 10.1. The van der Waals surface area contributed by atoms with E-state index in [1.54, 1.807) is 29.9 Å². The number of aromatic nitrogens is 3. The number of carbonyl (C=O) groups is 3. The van der Waals surface area contributed by atoms with Crippen LogP contribution in [0.2, 0.25) is 0 Å². The summed E-state index contributed by atoms with van der Waals surface area (Å²) in [5.74, 6) is -1.70. The lowest BCUT2D eigenvalue weighted by Gasteiger charge is -2.10. The van der Waals surface area contributed by atoms with Gasteiger partial charge < -0.3 is 24.7 Å². The van der Waals surface area contributed by atoms with Gasteiger partial charge >= 0.3 is 11.9 Å². The molecule has 0 fully saturated rings. The normalized spacial score (nSPS) is 10.8. The third-order valence-corrected chi connectivity index (χ3v) is 4.81. The molecule has 11 nitrogen and oxygen atoms in total. The summed E-state index contributed by atoms with van der Waals surface area (Å²) in [6.07, 6.45) is 3.81. The number of hydrogen-bond donors (Lipinski definition) is 2. The SMILES string of the molecule is CN(C)CCCOc1ccc(-c2nn(CC(=O)N(C)C)c3ncccc23)cc1.O=C(O)/C=C\C(=O)O. The molecule has 1 aromatic carbocycles. The van der Waals surface area contributed by atoms with E-state index in [1.165, 1.54) is 0 Å². The monoisotopic (exact) mass is 497 g/mol. The van der Waals surface area contributed by atoms with E-state index in [0.29, 0.717) is 24.4 Å². The van der Waals surface area contributed by atoms with Gasteiger partial charge in [-0.05, 0) is 56.9 Å². The topological polar surface area (TPSA) is 138 Å². The van der Waals surface area contributed by atoms with Crippen molar-refractivity contribution in [2.75, 3.05) is 41.3 Å². The highest BCUT2D eigenvalue weighted by Gasteiger charge is 2.16. The quantitative estimate of drug-likeness (QED) is 0.319. The fourth-order valence-corrected chi connectivity index (χ4v) is 3.02. The van der Waals surface area contributed by atoms with Crippen LogP contribution in [0.1, 0.15) is 6.42 Å². The average molecular weight is 498 g/mol. The molecule has 0 aliphatic rings. The van der Waals surface area contributed by atoms with Gasteiger partial charge in [-0.15, -0.1) is 0 Å². The molecule has 0 saturated heterocycles. The summed E-state index contributed by atoms with van der Waals surface area (Å²) in [7, 11) is 7.58. The summed E-state index contributed by atoms with van der Waals surface area (Å²) in [5, 5.41) is 21.2. The van der Waals surface area contributed by atoms with Crippen molar-refractivity contribution < 1.29 is 29.3 Å². The van der Waals surface area contributed by atoms with Crippen molar-refractivity contribution >= 4 is 28.9 Å². The van der Waals surface area contributed by atoms with E-state index in [9.17, 15) is 14.4 Å². The Morgan fingerprint density at radius 1 is 1.00 bits per heavy atom. The molecule has 0 radical (unpaired) electrons. The number of carbonyl (C=O) groups excluding carboxylic acids is 1. The highest BCUT2D eigenvalue weighted by atomic mass is 16.5. The zero-order chi connectivity index (χ0) is 26.7. The molecular weight excluding hydrogens is 466 g/mol. The number of likely N-dealkylation sites (N-methyl/N-ethyl adjacent to an activating group) is 1. The molecule has 0 aliphatic heterocycles. The first-order chi connectivity index (χ1) is 17.1. The van der Waals surface area contributed by atoms with E-state index >= 15 is 0 Å². The third kappa shape index (κ3) is 8.84. The maximum atomic E-state index is 12.1. The van der Waals surface area contributed by atoms with Crippen LogP contribution in [-0.4, -0.2) is 94.0 Å². The van der Waals surface area contributed by atoms with Crippen molar-refractivity contribution in [3.05, 3.63) is 54.7 Å². The number of ether oxygens (including phenoxy) is 1. The molecular formula is C25H31N5O6. The van der Waals surface area contributed by atoms with Gasteiger partial charge in [-0.2, -0.15) is 5.10 Å². The van der Waals surface area contributed by atoms with Gasteiger partial charge in [0.1, 0.15) is 18.0 Å². The maximum absolute atomic E-state index is 12.1. The molecule has 11 heteroatoms. The van der Waals surface area contributed by atoms with E-state index in [0.717, 1.165) is 35.4 Å². The Kier molecular flexibility index (Phi) is 10.6. The largest absolute Gasteiger partial charge is 0.494 e. The minimum atomic E-state index is -1.26. The van der Waals surface area contributed by atoms with Gasteiger partial charge in [0.15, 0.2) is 5.65 Å². The summed E-state index contributed by atoms with van der Waals surface area (Å²) in [6.45, 7) is 1.85. The number of fused-ring (bicyclic) bond motifs is 1. The molecule has 2 N–H and O–H groups in total. The number of nitrogens with zero attached hydrogens (tertiary/aromatic N) is 5. The van der Waals surface area contributed by atoms with Crippen molar-refractivity contribution in [1.82, 2.24) is 24.6 Å². The van der Waals surface area contributed by atoms with E-state index in [1.807, 2.05) is 36.4 Å². The lowest BCUT2D eigenvalue weighted by Crippen LogP contribution is -2.26. The highest BCUT2D eigenvalue weighted by Crippen LogP contribution is 2.28. The number of rotatable bonds is 10. The molecule has 0 spiro atoms. The molecule has 0 saturated carbocycles. The molecule has 1 amide bonds. The number of pyridine rings is 1. The van der Waals surface area contributed by atoms with Crippen molar-refractivity contribution in [1.29, 1.82) is 0 Å². The first-order valence-electron chi connectivity index (χ1n) is 11.1. The van der Waals surface area contributed by atoms with Crippen LogP contribution in [0.4, 0.5) is 0 Å². The molecule has 0 unspecified atom stereocenters. The summed E-state index contributed by atoms with van der Waals surface area (Å²) >= 11 is 0. The number of hydrogen-bond acceptors (Lipinski definition) is 7. The first kappa shape index (κ1) is 28.0. The van der Waals surface area contributed by atoms with Gasteiger partial charge in [-0.25, -0.2) is 19.3 Å². The summed E-state index contributed by atoms with van der Waals surface area (Å²) in [6, 6.07) is 11.8. The molecule has 2 aromatic heterocycles. The minimum Gasteiger partial charge on any atom is -0.494 e. The second kappa shape index (κ2) is 13.6. The molecule has 36 heavy (non-hydrogen) atoms. The zero-order valence-corrected chi connectivity index (χ0v) is 20.8. The Labute approximate surface area is 209 Å². The smallest absolute Gasteiger partial charge is 0.328 e. The average Bonchev–Trinajstić information content (AvgIpc) is 3.19. The van der Waals surface area contributed by atoms with Crippen LogP contribution in [0.15, 0.2) is 54.7 Å². The van der Waals surface area contributed by atoms with Crippen molar-refractivity contribution in [2.24, 2.45) is 0 Å². The number of carboxylic acids is 2. The second-order valence-corrected chi connectivity index (χ2v) is 8.21. The lowest BCUT2D eigenvalue weighted by molar-refractivity contribution is -0.134. The molecule has 3 aromatic rings. The number of amides is 1. The zero-order valence-electron chi connectivity index (χ0n) is 20.8. The van der Waals surface area contributed by atoms with Crippen LogP contribution in [0.25, 0.3) is 22.3 Å². The van der Waals surface area contributed by atoms with Crippen LogP contribution in [0, 0.1) is 0 Å². The van der Waals surface area contributed by atoms with Gasteiger partial charge in [0.25, 0.3) is 0 Å². The Hall–Kier alpha value is -4.25. The van der Waals surface area contributed by atoms with E-state index in [-0.39, 0.29) is 12.5 Å². The summed E-state index contributed by atoms with van der Waals surface area (Å²) < 4.78 is 7.47. The van der Waals surface area contributed by atoms with Crippen LogP contribution in [0.3, 0.4) is 0 Å². The number of aliphatic carboxylic acids is 2. The van der Waals surface area contributed by atoms with Crippen molar-refractivity contribution in [3.63, 3.8) is 0 Å². The van der Waals surface area contributed by atoms with Gasteiger partial charge in [0.05, 0.1) is 6.61 Å². The Bertz CT molecular complexity index is 1190.